The fourth-order valence-electron chi connectivity index (χ4n) is 2.09. The summed E-state index contributed by atoms with van der Waals surface area (Å²) in [6.45, 7) is 10.7. The second-order valence-corrected chi connectivity index (χ2v) is 5.62. The van der Waals surface area contributed by atoms with Gasteiger partial charge in [-0.1, -0.05) is 55.6 Å². The van der Waals surface area contributed by atoms with Gasteiger partial charge in [0.2, 0.25) is 0 Å². The van der Waals surface area contributed by atoms with Crippen LogP contribution in [0.15, 0.2) is 79.6 Å². The Bertz CT molecular complexity index is 687. The highest BCUT2D eigenvalue weighted by Gasteiger charge is 2.21. The molecule has 26 heavy (non-hydrogen) atoms. The van der Waals surface area contributed by atoms with Crippen LogP contribution in [0, 0.1) is 12.3 Å². The zero-order chi connectivity index (χ0) is 19.4. The Morgan fingerprint density at radius 1 is 1.12 bits per heavy atom. The Labute approximate surface area is 157 Å². The van der Waals surface area contributed by atoms with Crippen LogP contribution in [0.2, 0.25) is 0 Å². The molecule has 0 heterocycles. The highest BCUT2D eigenvalue weighted by molar-refractivity contribution is 5.76. The lowest BCUT2D eigenvalue weighted by molar-refractivity contribution is -0.137. The Kier molecular flexibility index (Phi) is 9.40. The molecule has 0 aliphatic heterocycles. The molecule has 0 N–H and O–H groups in total. The molecule has 2 aromatic carbocycles. The highest BCUT2D eigenvalue weighted by Crippen LogP contribution is 2.22. The maximum atomic E-state index is 11.8. The topological polar surface area (TPSA) is 35.5 Å². The van der Waals surface area contributed by atoms with Crippen molar-refractivity contribution < 1.29 is 14.3 Å². The van der Waals surface area contributed by atoms with Crippen molar-refractivity contribution in [3.8, 4) is 16.9 Å². The van der Waals surface area contributed by atoms with E-state index in [0.717, 1.165) is 17.5 Å². The Morgan fingerprint density at radius 3 is 2.15 bits per heavy atom. The van der Waals surface area contributed by atoms with Gasteiger partial charge in [-0.3, -0.25) is 0 Å². The molecule has 0 aromatic heterocycles. The average molecular weight is 351 g/mol. The van der Waals surface area contributed by atoms with E-state index in [2.05, 4.69) is 30.0 Å². The first-order chi connectivity index (χ1) is 12.5. The van der Waals surface area contributed by atoms with E-state index < -0.39 is 0 Å². The predicted octanol–water partition coefficient (Wildman–Crippen LogP) is 5.84. The van der Waals surface area contributed by atoms with E-state index in [0.29, 0.717) is 11.5 Å². The molecule has 2 aromatic rings. The van der Waals surface area contributed by atoms with Gasteiger partial charge in [-0.25, -0.2) is 4.79 Å². The Hall–Kier alpha value is -2.94. The molecule has 3 nitrogen and oxygen atoms in total. The lowest BCUT2D eigenvalue weighted by Gasteiger charge is -2.06. The summed E-state index contributed by atoms with van der Waals surface area (Å²) >= 11 is 0. The van der Waals surface area contributed by atoms with Crippen LogP contribution in [0.3, 0.4) is 0 Å². The van der Waals surface area contributed by atoms with E-state index in [1.807, 2.05) is 62.7 Å². The summed E-state index contributed by atoms with van der Waals surface area (Å²) in [5.41, 5.74) is 2.26. The zero-order valence-corrected chi connectivity index (χ0v) is 15.8. The molecule has 0 aliphatic rings. The smallest absolute Gasteiger partial charge is 0.359 e. The number of carbonyl (C=O) groups excluding carboxylic acids is 1. The molecule has 1 unspecified atom stereocenters. The van der Waals surface area contributed by atoms with Crippen molar-refractivity contribution >= 4 is 5.97 Å². The monoisotopic (exact) mass is 351 g/mol. The van der Waals surface area contributed by atoms with Gasteiger partial charge >= 0.3 is 5.97 Å². The standard InChI is InChI=1S/C18H19O2.C5H8O/c1-3-7-14(2)18(19)20-17-12-10-16(11-13-17)15-8-5-4-6-9-15;1-4-5(2)6-3/h4-14H,3H2,1-2H3;4H,1-2H2,3H3/q+1;. The molecule has 0 amide bonds. The van der Waals surface area contributed by atoms with Crippen molar-refractivity contribution in [2.45, 2.75) is 20.3 Å². The summed E-state index contributed by atoms with van der Waals surface area (Å²) in [6.07, 6.45) is 4.36. The molecule has 0 saturated heterocycles. The fraction of sp³-hybridized carbons (Fsp3) is 0.217. The maximum absolute atomic E-state index is 11.8. The van der Waals surface area contributed by atoms with E-state index in [-0.39, 0.29) is 11.9 Å². The average Bonchev–Trinajstić information content (AvgIpc) is 2.69. The molecule has 0 aliphatic carbocycles. The van der Waals surface area contributed by atoms with Crippen LogP contribution in [-0.4, -0.2) is 13.1 Å². The number of allylic oxidation sites excluding steroid dienone is 1. The first-order valence-electron chi connectivity index (χ1n) is 8.57. The number of ether oxygens (including phenoxy) is 2. The fourth-order valence-corrected chi connectivity index (χ4v) is 2.09. The largest absolute Gasteiger partial charge is 0.497 e. The summed E-state index contributed by atoms with van der Waals surface area (Å²) in [5.74, 6) is 0.814. The number of hydrogen-bond donors (Lipinski definition) is 0. The summed E-state index contributed by atoms with van der Waals surface area (Å²) in [5, 5.41) is 0. The SMILES string of the molecule is C=CC(=C)OC.CC[CH+]C(C)C(=O)Oc1ccc(-c2ccccc2)cc1. The van der Waals surface area contributed by atoms with E-state index >= 15 is 0 Å². The van der Waals surface area contributed by atoms with E-state index in [4.69, 9.17) is 4.74 Å². The Balaban J connectivity index is 0.000000487. The minimum Gasteiger partial charge on any atom is -0.497 e. The number of esters is 1. The lowest BCUT2D eigenvalue weighted by Crippen LogP contribution is -2.17. The van der Waals surface area contributed by atoms with E-state index in [1.165, 1.54) is 0 Å². The van der Waals surface area contributed by atoms with Crippen molar-refractivity contribution in [3.05, 3.63) is 86.0 Å². The first kappa shape index (κ1) is 21.1. The van der Waals surface area contributed by atoms with Crippen LogP contribution >= 0.6 is 0 Å². The summed E-state index contributed by atoms with van der Waals surface area (Å²) in [6, 6.07) is 17.7. The van der Waals surface area contributed by atoms with Crippen LogP contribution < -0.4 is 4.74 Å². The van der Waals surface area contributed by atoms with Crippen LogP contribution in [0.4, 0.5) is 0 Å². The third-order valence-corrected chi connectivity index (χ3v) is 3.63. The maximum Gasteiger partial charge on any atom is 0.359 e. The van der Waals surface area contributed by atoms with Gasteiger partial charge in [0.15, 0.2) is 5.92 Å². The molecular weight excluding hydrogens is 324 g/mol. The van der Waals surface area contributed by atoms with E-state index in [9.17, 15) is 4.79 Å². The van der Waals surface area contributed by atoms with Gasteiger partial charge in [-0.05, 0) is 43.2 Å². The van der Waals surface area contributed by atoms with Crippen molar-refractivity contribution in [2.75, 3.05) is 7.11 Å². The summed E-state index contributed by atoms with van der Waals surface area (Å²) in [7, 11) is 1.56. The number of benzene rings is 2. The van der Waals surface area contributed by atoms with Crippen LogP contribution in [-0.2, 0) is 9.53 Å². The van der Waals surface area contributed by atoms with Crippen molar-refractivity contribution in [1.29, 1.82) is 0 Å². The molecule has 0 radical (unpaired) electrons. The summed E-state index contributed by atoms with van der Waals surface area (Å²) < 4.78 is 9.94. The quantitative estimate of drug-likeness (QED) is 0.207. The second kappa shape index (κ2) is 11.6. The van der Waals surface area contributed by atoms with Crippen molar-refractivity contribution in [2.24, 2.45) is 5.92 Å². The van der Waals surface area contributed by atoms with Crippen LogP contribution in [0.25, 0.3) is 11.1 Å². The van der Waals surface area contributed by atoms with Gasteiger partial charge in [0.25, 0.3) is 0 Å². The second-order valence-electron chi connectivity index (χ2n) is 5.62. The predicted molar refractivity (Wildman–Crippen MR) is 108 cm³/mol. The molecule has 3 heteroatoms. The molecule has 0 bridgehead atoms. The summed E-state index contributed by atoms with van der Waals surface area (Å²) in [4.78, 5) is 11.8. The molecule has 0 saturated carbocycles. The molecule has 0 fully saturated rings. The Morgan fingerprint density at radius 2 is 1.69 bits per heavy atom. The zero-order valence-electron chi connectivity index (χ0n) is 15.8. The molecular formula is C23H27O3+. The molecule has 0 spiro atoms. The van der Waals surface area contributed by atoms with Crippen molar-refractivity contribution in [3.63, 3.8) is 0 Å². The lowest BCUT2D eigenvalue weighted by atomic mass is 10.1. The van der Waals surface area contributed by atoms with Gasteiger partial charge in [0, 0.05) is 0 Å². The third-order valence-electron chi connectivity index (χ3n) is 3.63. The minimum absolute atomic E-state index is 0.172. The first-order valence-corrected chi connectivity index (χ1v) is 8.57. The third kappa shape index (κ3) is 7.31. The van der Waals surface area contributed by atoms with E-state index in [1.54, 1.807) is 13.2 Å². The van der Waals surface area contributed by atoms with Gasteiger partial charge in [-0.2, -0.15) is 0 Å². The minimum atomic E-state index is -0.209. The highest BCUT2D eigenvalue weighted by atomic mass is 16.5. The van der Waals surface area contributed by atoms with Gasteiger partial charge < -0.3 is 9.47 Å². The normalized spacial score (nSPS) is 10.6. The van der Waals surface area contributed by atoms with Gasteiger partial charge in [0.1, 0.15) is 11.5 Å². The van der Waals surface area contributed by atoms with Gasteiger partial charge in [0.05, 0.1) is 20.0 Å². The number of hydrogen-bond acceptors (Lipinski definition) is 3. The molecule has 1 atom stereocenters. The number of rotatable bonds is 7. The van der Waals surface area contributed by atoms with Crippen molar-refractivity contribution in [1.82, 2.24) is 0 Å². The molecule has 2 rings (SSSR count). The van der Waals surface area contributed by atoms with Gasteiger partial charge in [-0.15, -0.1) is 0 Å². The number of methoxy groups -OCH3 is 1. The number of carbonyl (C=O) groups is 1. The van der Waals surface area contributed by atoms with Crippen LogP contribution in [0.5, 0.6) is 5.75 Å². The van der Waals surface area contributed by atoms with Crippen LogP contribution in [0.1, 0.15) is 20.3 Å². The molecule has 136 valence electrons.